The minimum absolute atomic E-state index is 0.185. The lowest BCUT2D eigenvalue weighted by molar-refractivity contribution is 0.112. The van der Waals surface area contributed by atoms with Crippen molar-refractivity contribution in [2.75, 3.05) is 14.2 Å². The van der Waals surface area contributed by atoms with E-state index in [0.717, 1.165) is 23.5 Å². The van der Waals surface area contributed by atoms with Crippen molar-refractivity contribution in [3.63, 3.8) is 0 Å². The van der Waals surface area contributed by atoms with Crippen LogP contribution < -0.4 is 9.47 Å². The van der Waals surface area contributed by atoms with Crippen LogP contribution in [0.4, 0.5) is 0 Å². The Morgan fingerprint density at radius 2 is 0.955 bits per heavy atom. The van der Waals surface area contributed by atoms with E-state index >= 15 is 0 Å². The highest BCUT2D eigenvalue weighted by molar-refractivity contribution is 5.74. The summed E-state index contributed by atoms with van der Waals surface area (Å²) >= 11 is 0. The summed E-state index contributed by atoms with van der Waals surface area (Å²) in [5.74, 6) is 2.51. The topological polar surface area (TPSA) is 44.8 Å². The average molecular weight is 599 g/mol. The SMILES string of the molecule is C=C.CC.CC(C)(C)Oc1ccc(C=O)cc1.COC.Cc1ccc(Oc2ccc(-c3ccc(C(C)(C)C)cc3)cc2)cc1. The van der Waals surface area contributed by atoms with Gasteiger partial charge in [-0.2, -0.15) is 0 Å². The molecule has 0 amide bonds. The van der Waals surface area contributed by atoms with E-state index in [-0.39, 0.29) is 11.0 Å². The summed E-state index contributed by atoms with van der Waals surface area (Å²) in [4.78, 5) is 10.4. The van der Waals surface area contributed by atoms with Crippen molar-refractivity contribution in [2.45, 2.75) is 73.3 Å². The van der Waals surface area contributed by atoms with Crippen LogP contribution in [0.2, 0.25) is 0 Å². The number of methoxy groups -OCH3 is 1. The number of aldehydes is 1. The predicted molar refractivity (Wildman–Crippen MR) is 190 cm³/mol. The molecule has 0 N–H and O–H groups in total. The molecule has 0 heterocycles. The summed E-state index contributed by atoms with van der Waals surface area (Å²) in [7, 11) is 3.25. The Morgan fingerprint density at radius 3 is 1.32 bits per heavy atom. The summed E-state index contributed by atoms with van der Waals surface area (Å²) in [5.41, 5.74) is 5.67. The van der Waals surface area contributed by atoms with Gasteiger partial charge >= 0.3 is 0 Å². The first-order chi connectivity index (χ1) is 20.8. The van der Waals surface area contributed by atoms with Gasteiger partial charge in [-0.25, -0.2) is 0 Å². The van der Waals surface area contributed by atoms with Gasteiger partial charge in [0.2, 0.25) is 0 Å². The van der Waals surface area contributed by atoms with Gasteiger partial charge in [-0.3, -0.25) is 4.79 Å². The highest BCUT2D eigenvalue weighted by Gasteiger charge is 2.13. The molecule has 4 aromatic rings. The fraction of sp³-hybridized carbons (Fsp3) is 0.325. The first-order valence-corrected chi connectivity index (χ1v) is 14.9. The first-order valence-electron chi connectivity index (χ1n) is 14.9. The largest absolute Gasteiger partial charge is 0.488 e. The third-order valence-corrected chi connectivity index (χ3v) is 5.64. The molecule has 0 fully saturated rings. The van der Waals surface area contributed by atoms with Gasteiger partial charge in [0.15, 0.2) is 0 Å². The number of ether oxygens (including phenoxy) is 3. The van der Waals surface area contributed by atoms with Gasteiger partial charge in [0.25, 0.3) is 0 Å². The maximum atomic E-state index is 10.4. The van der Waals surface area contributed by atoms with Gasteiger partial charge in [-0.15, -0.1) is 13.2 Å². The number of aryl methyl sites for hydroxylation is 1. The molecule has 0 aliphatic rings. The molecule has 4 heteroatoms. The number of hydrogen-bond donors (Lipinski definition) is 0. The van der Waals surface area contributed by atoms with Crippen LogP contribution in [0, 0.1) is 6.92 Å². The Kier molecular flexibility index (Phi) is 18.7. The normalized spacial score (nSPS) is 10.1. The Labute approximate surface area is 267 Å². The monoisotopic (exact) mass is 598 g/mol. The van der Waals surface area contributed by atoms with Gasteiger partial charge < -0.3 is 14.2 Å². The zero-order chi connectivity index (χ0) is 33.8. The summed E-state index contributed by atoms with van der Waals surface area (Å²) < 4.78 is 15.7. The first kappa shape index (κ1) is 39.8. The predicted octanol–water partition coefficient (Wildman–Crippen LogP) is 11.5. The minimum atomic E-state index is -0.192. The molecule has 4 nitrogen and oxygen atoms in total. The fourth-order valence-electron chi connectivity index (χ4n) is 3.59. The molecule has 0 aliphatic carbocycles. The van der Waals surface area contributed by atoms with Gasteiger partial charge in [0.05, 0.1) is 0 Å². The van der Waals surface area contributed by atoms with Crippen molar-refractivity contribution < 1.29 is 19.0 Å². The Bertz CT molecular complexity index is 1290. The Balaban J connectivity index is 0.000000781. The van der Waals surface area contributed by atoms with E-state index < -0.39 is 0 Å². The molecule has 0 bridgehead atoms. The molecule has 0 aromatic heterocycles. The molecule has 0 aliphatic heterocycles. The van der Waals surface area contributed by atoms with Crippen LogP contribution in [0.25, 0.3) is 11.1 Å². The lowest BCUT2D eigenvalue weighted by Crippen LogP contribution is -2.22. The van der Waals surface area contributed by atoms with Crippen LogP contribution in [0.15, 0.2) is 110 Å². The summed E-state index contributed by atoms with van der Waals surface area (Å²) in [6, 6.07) is 32.3. The number of rotatable bonds is 5. The van der Waals surface area contributed by atoms with Gasteiger partial charge in [-0.1, -0.05) is 88.7 Å². The van der Waals surface area contributed by atoms with Crippen molar-refractivity contribution in [3.05, 3.63) is 127 Å². The van der Waals surface area contributed by atoms with Crippen LogP contribution in [0.3, 0.4) is 0 Å². The van der Waals surface area contributed by atoms with E-state index in [4.69, 9.17) is 9.47 Å². The quantitative estimate of drug-likeness (QED) is 0.169. The highest BCUT2D eigenvalue weighted by Crippen LogP contribution is 2.28. The third-order valence-electron chi connectivity index (χ3n) is 5.64. The molecule has 0 saturated carbocycles. The Hall–Kier alpha value is -4.15. The minimum Gasteiger partial charge on any atom is -0.488 e. The van der Waals surface area contributed by atoms with Crippen molar-refractivity contribution in [1.29, 1.82) is 0 Å². The van der Waals surface area contributed by atoms with E-state index in [1.54, 1.807) is 38.5 Å². The van der Waals surface area contributed by atoms with Gasteiger partial charge in [-0.05, 0) is 98.3 Å². The van der Waals surface area contributed by atoms with Crippen LogP contribution in [0.1, 0.15) is 76.9 Å². The number of carbonyl (C=O) groups is 1. The highest BCUT2D eigenvalue weighted by atomic mass is 16.5. The number of benzene rings is 4. The maximum absolute atomic E-state index is 10.4. The molecule has 4 rings (SSSR count). The second kappa shape index (κ2) is 20.7. The third kappa shape index (κ3) is 15.9. The number of carbonyl (C=O) groups excluding carboxylic acids is 1. The number of hydrogen-bond acceptors (Lipinski definition) is 4. The van der Waals surface area contributed by atoms with Crippen molar-refractivity contribution in [3.8, 4) is 28.4 Å². The summed E-state index contributed by atoms with van der Waals surface area (Å²) in [6.45, 7) is 24.7. The van der Waals surface area contributed by atoms with Crippen molar-refractivity contribution >= 4 is 6.29 Å². The molecule has 0 radical (unpaired) electrons. The Morgan fingerprint density at radius 1 is 0.591 bits per heavy atom. The molecule has 238 valence electrons. The van der Waals surface area contributed by atoms with Crippen molar-refractivity contribution in [1.82, 2.24) is 0 Å². The second-order valence-electron chi connectivity index (χ2n) is 11.6. The van der Waals surface area contributed by atoms with Crippen LogP contribution in [-0.4, -0.2) is 26.1 Å². The van der Waals surface area contributed by atoms with E-state index in [0.29, 0.717) is 5.56 Å². The standard InChI is InChI=1S/C23H24O.C11H14O2.C2H6O.C2H6.C2H4/c1-17-5-13-21(14-6-17)24-22-15-9-19(10-16-22)18-7-11-20(12-8-18)23(2,3)4;1-11(2,3)13-10-6-4-9(8-12)5-7-10;1-3-2;2*1-2/h5-16H,1-4H3;4-8H,1-3H3;1-2H3;1-2H3;1-2H2. The molecular formula is C40H54O4. The van der Waals surface area contributed by atoms with Crippen molar-refractivity contribution in [2.24, 2.45) is 0 Å². The second-order valence-corrected chi connectivity index (χ2v) is 11.6. The average Bonchev–Trinajstić information content (AvgIpc) is 3.01. The summed E-state index contributed by atoms with van der Waals surface area (Å²) in [6.07, 6.45) is 0.820. The summed E-state index contributed by atoms with van der Waals surface area (Å²) in [5, 5.41) is 0. The van der Waals surface area contributed by atoms with Gasteiger partial charge in [0.1, 0.15) is 29.1 Å². The smallest absolute Gasteiger partial charge is 0.150 e. The molecular weight excluding hydrogens is 544 g/mol. The van der Waals surface area contributed by atoms with E-state index in [9.17, 15) is 4.79 Å². The van der Waals surface area contributed by atoms with Crippen LogP contribution in [-0.2, 0) is 10.2 Å². The molecule has 4 aromatic carbocycles. The van der Waals surface area contributed by atoms with E-state index in [1.807, 2.05) is 58.9 Å². The van der Waals surface area contributed by atoms with Crippen LogP contribution in [0.5, 0.6) is 17.2 Å². The fourth-order valence-corrected chi connectivity index (χ4v) is 3.59. The molecule has 0 saturated heterocycles. The van der Waals surface area contributed by atoms with E-state index in [2.05, 4.69) is 94.1 Å². The van der Waals surface area contributed by atoms with Crippen LogP contribution >= 0.6 is 0 Å². The lowest BCUT2D eigenvalue weighted by atomic mass is 9.86. The zero-order valence-corrected chi connectivity index (χ0v) is 28.9. The lowest BCUT2D eigenvalue weighted by Gasteiger charge is -2.21. The maximum Gasteiger partial charge on any atom is 0.150 e. The molecule has 0 spiro atoms. The molecule has 0 unspecified atom stereocenters. The molecule has 44 heavy (non-hydrogen) atoms. The molecule has 0 atom stereocenters. The van der Waals surface area contributed by atoms with E-state index in [1.165, 1.54) is 22.3 Å². The zero-order valence-electron chi connectivity index (χ0n) is 28.9. The van der Waals surface area contributed by atoms with Gasteiger partial charge in [0, 0.05) is 19.8 Å².